The number of aryl methyl sites for hydroxylation is 1. The Labute approximate surface area is 150 Å². The fraction of sp³-hybridized carbons (Fsp3) is 0.333. The van der Waals surface area contributed by atoms with Gasteiger partial charge in [0, 0.05) is 5.69 Å². The minimum absolute atomic E-state index is 0.223. The fourth-order valence-electron chi connectivity index (χ4n) is 1.85. The molecule has 140 valence electrons. The number of halogens is 3. The molecule has 11 heteroatoms. The number of carbonyl (C=O) groups excluding carboxylic acids is 2. The Morgan fingerprint density at radius 2 is 1.92 bits per heavy atom. The number of hydrogen-bond acceptors (Lipinski definition) is 7. The van der Waals surface area contributed by atoms with E-state index in [1.807, 2.05) is 0 Å². The number of rotatable bonds is 6. The van der Waals surface area contributed by atoms with E-state index in [0.29, 0.717) is 12.1 Å². The van der Waals surface area contributed by atoms with Crippen LogP contribution < -0.4 is 10.1 Å². The van der Waals surface area contributed by atoms with E-state index in [1.165, 1.54) is 19.1 Å². The van der Waals surface area contributed by atoms with Crippen molar-refractivity contribution in [3.8, 4) is 5.75 Å². The highest BCUT2D eigenvalue weighted by Gasteiger charge is 2.31. The van der Waals surface area contributed by atoms with Gasteiger partial charge in [0.05, 0.1) is 5.69 Å². The first-order chi connectivity index (χ1) is 12.2. The van der Waals surface area contributed by atoms with Gasteiger partial charge in [-0.25, -0.2) is 4.79 Å². The summed E-state index contributed by atoms with van der Waals surface area (Å²) in [6, 6.07) is 4.57. The van der Waals surface area contributed by atoms with Gasteiger partial charge >= 0.3 is 12.3 Å². The molecular weight excluding hydrogens is 375 g/mol. The van der Waals surface area contributed by atoms with Crippen molar-refractivity contribution in [1.29, 1.82) is 0 Å². The summed E-state index contributed by atoms with van der Waals surface area (Å²) in [4.78, 5) is 24.3. The lowest BCUT2D eigenvalue weighted by Gasteiger charge is -2.14. The zero-order chi connectivity index (χ0) is 19.3. The van der Waals surface area contributed by atoms with E-state index in [-0.39, 0.29) is 10.6 Å². The lowest BCUT2D eigenvalue weighted by Crippen LogP contribution is -2.30. The highest BCUT2D eigenvalue weighted by molar-refractivity contribution is 7.07. The SMILES string of the molecule is CCc1nnsc1C(=O)O[C@H](C)C(=O)Nc1ccc(OC(F)(F)F)cc1. The van der Waals surface area contributed by atoms with E-state index < -0.39 is 30.1 Å². The Hall–Kier alpha value is -2.69. The first kappa shape index (κ1) is 19.6. The second-order valence-electron chi connectivity index (χ2n) is 5.01. The van der Waals surface area contributed by atoms with Crippen LogP contribution in [-0.2, 0) is 16.0 Å². The number of nitrogens with zero attached hydrogens (tertiary/aromatic N) is 2. The third kappa shape index (κ3) is 5.41. The molecule has 0 fully saturated rings. The lowest BCUT2D eigenvalue weighted by atomic mass is 10.2. The molecule has 0 aliphatic carbocycles. The zero-order valence-corrected chi connectivity index (χ0v) is 14.5. The molecular formula is C15H14F3N3O4S. The average molecular weight is 389 g/mol. The molecule has 1 heterocycles. The molecule has 2 aromatic rings. The van der Waals surface area contributed by atoms with Gasteiger partial charge in [-0.2, -0.15) is 0 Å². The summed E-state index contributed by atoms with van der Waals surface area (Å²) in [5.41, 5.74) is 0.703. The van der Waals surface area contributed by atoms with Crippen LogP contribution in [0.25, 0.3) is 0 Å². The van der Waals surface area contributed by atoms with E-state index in [4.69, 9.17) is 4.74 Å². The number of anilines is 1. The minimum Gasteiger partial charge on any atom is -0.448 e. The van der Waals surface area contributed by atoms with Crippen LogP contribution in [0.4, 0.5) is 18.9 Å². The molecule has 0 saturated heterocycles. The first-order valence-electron chi connectivity index (χ1n) is 7.38. The van der Waals surface area contributed by atoms with Gasteiger partial charge in [0.15, 0.2) is 11.0 Å². The van der Waals surface area contributed by atoms with Gasteiger partial charge in [0.2, 0.25) is 0 Å². The van der Waals surface area contributed by atoms with Gasteiger partial charge in [-0.1, -0.05) is 11.4 Å². The number of alkyl halides is 3. The standard InChI is InChI=1S/C15H14F3N3O4S/c1-3-11-12(26-21-20-11)14(23)24-8(2)13(22)19-9-4-6-10(7-5-9)25-15(16,17)18/h4-8H,3H2,1-2H3,(H,19,22)/t8-/m1/s1. The average Bonchev–Trinajstić information content (AvgIpc) is 3.04. The van der Waals surface area contributed by atoms with Crippen LogP contribution in [0, 0.1) is 0 Å². The molecule has 1 amide bonds. The molecule has 2 rings (SSSR count). The maximum Gasteiger partial charge on any atom is 0.573 e. The summed E-state index contributed by atoms with van der Waals surface area (Å²) in [5, 5.41) is 6.21. The normalized spacial score (nSPS) is 12.3. The quantitative estimate of drug-likeness (QED) is 0.763. The van der Waals surface area contributed by atoms with Crippen LogP contribution in [0.15, 0.2) is 24.3 Å². The summed E-state index contributed by atoms with van der Waals surface area (Å²) in [5.74, 6) is -1.77. The maximum absolute atomic E-state index is 12.1. The maximum atomic E-state index is 12.1. The van der Waals surface area contributed by atoms with Crippen LogP contribution >= 0.6 is 11.5 Å². The molecule has 26 heavy (non-hydrogen) atoms. The summed E-state index contributed by atoms with van der Waals surface area (Å²) in [6.45, 7) is 3.17. The second-order valence-corrected chi connectivity index (χ2v) is 5.77. The van der Waals surface area contributed by atoms with E-state index >= 15 is 0 Å². The molecule has 0 aliphatic heterocycles. The number of carbonyl (C=O) groups is 2. The highest BCUT2D eigenvalue weighted by Crippen LogP contribution is 2.24. The van der Waals surface area contributed by atoms with E-state index in [1.54, 1.807) is 6.92 Å². The van der Waals surface area contributed by atoms with Crippen LogP contribution in [0.5, 0.6) is 5.75 Å². The molecule has 0 radical (unpaired) electrons. The van der Waals surface area contributed by atoms with Gasteiger partial charge in [0.25, 0.3) is 5.91 Å². The first-order valence-corrected chi connectivity index (χ1v) is 8.16. The van der Waals surface area contributed by atoms with E-state index in [0.717, 1.165) is 23.7 Å². The fourth-order valence-corrected chi connectivity index (χ4v) is 2.48. The number of ether oxygens (including phenoxy) is 2. The molecule has 0 bridgehead atoms. The number of nitrogens with one attached hydrogen (secondary N) is 1. The third-order valence-electron chi connectivity index (χ3n) is 3.08. The van der Waals surface area contributed by atoms with Crippen molar-refractivity contribution in [2.75, 3.05) is 5.32 Å². The van der Waals surface area contributed by atoms with Crippen LogP contribution in [0.1, 0.15) is 29.2 Å². The third-order valence-corrected chi connectivity index (χ3v) is 3.83. The zero-order valence-electron chi connectivity index (χ0n) is 13.7. The number of esters is 1. The van der Waals surface area contributed by atoms with Crippen molar-refractivity contribution in [3.63, 3.8) is 0 Å². The second kappa shape index (κ2) is 8.13. The molecule has 1 aromatic carbocycles. The molecule has 0 unspecified atom stereocenters. The molecule has 0 spiro atoms. The van der Waals surface area contributed by atoms with Gasteiger partial charge < -0.3 is 14.8 Å². The van der Waals surface area contributed by atoms with Crippen molar-refractivity contribution < 1.29 is 32.2 Å². The number of aromatic nitrogens is 2. The monoisotopic (exact) mass is 389 g/mol. The Balaban J connectivity index is 1.93. The predicted molar refractivity (Wildman–Crippen MR) is 85.9 cm³/mol. The summed E-state index contributed by atoms with van der Waals surface area (Å²) < 4.78 is 48.8. The molecule has 0 aliphatic rings. The van der Waals surface area contributed by atoms with Crippen molar-refractivity contribution in [3.05, 3.63) is 34.8 Å². The Bertz CT molecular complexity index is 777. The van der Waals surface area contributed by atoms with Crippen LogP contribution in [0.2, 0.25) is 0 Å². The molecule has 1 N–H and O–H groups in total. The Kier molecular flexibility index (Phi) is 6.14. The van der Waals surface area contributed by atoms with E-state index in [2.05, 4.69) is 19.6 Å². The number of benzene rings is 1. The molecule has 1 atom stereocenters. The number of amides is 1. The molecule has 7 nitrogen and oxygen atoms in total. The Morgan fingerprint density at radius 3 is 2.50 bits per heavy atom. The van der Waals surface area contributed by atoms with Crippen molar-refractivity contribution in [2.24, 2.45) is 0 Å². The van der Waals surface area contributed by atoms with Gasteiger partial charge in [-0.3, -0.25) is 4.79 Å². The largest absolute Gasteiger partial charge is 0.573 e. The van der Waals surface area contributed by atoms with E-state index in [9.17, 15) is 22.8 Å². The summed E-state index contributed by atoms with van der Waals surface area (Å²) >= 11 is 0.873. The summed E-state index contributed by atoms with van der Waals surface area (Å²) in [7, 11) is 0. The van der Waals surface area contributed by atoms with Gasteiger partial charge in [-0.05, 0) is 49.1 Å². The van der Waals surface area contributed by atoms with Crippen molar-refractivity contribution in [2.45, 2.75) is 32.7 Å². The Morgan fingerprint density at radius 1 is 1.27 bits per heavy atom. The minimum atomic E-state index is -4.80. The molecule has 0 saturated carbocycles. The lowest BCUT2D eigenvalue weighted by molar-refractivity contribution is -0.274. The smallest absolute Gasteiger partial charge is 0.448 e. The number of hydrogen-bond donors (Lipinski definition) is 1. The summed E-state index contributed by atoms with van der Waals surface area (Å²) in [6.07, 6.45) is -5.43. The highest BCUT2D eigenvalue weighted by atomic mass is 32.1. The topological polar surface area (TPSA) is 90.4 Å². The van der Waals surface area contributed by atoms with Crippen molar-refractivity contribution >= 4 is 29.1 Å². The van der Waals surface area contributed by atoms with Gasteiger partial charge in [-0.15, -0.1) is 18.3 Å². The van der Waals surface area contributed by atoms with Crippen molar-refractivity contribution in [1.82, 2.24) is 9.59 Å². The predicted octanol–water partition coefficient (Wildman–Crippen LogP) is 3.18. The molecule has 1 aromatic heterocycles. The van der Waals surface area contributed by atoms with Crippen LogP contribution in [0.3, 0.4) is 0 Å². The van der Waals surface area contributed by atoms with Crippen LogP contribution in [-0.4, -0.2) is 33.9 Å². The van der Waals surface area contributed by atoms with Gasteiger partial charge in [0.1, 0.15) is 5.75 Å².